The minimum atomic E-state index is 0. The highest BCUT2D eigenvalue weighted by molar-refractivity contribution is 14.0. The molecule has 0 saturated heterocycles. The van der Waals surface area contributed by atoms with Gasteiger partial charge in [0.15, 0.2) is 5.96 Å². The second kappa shape index (κ2) is 9.44. The zero-order valence-electron chi connectivity index (χ0n) is 13.7. The van der Waals surface area contributed by atoms with Gasteiger partial charge in [0.2, 0.25) is 0 Å². The van der Waals surface area contributed by atoms with E-state index in [9.17, 15) is 0 Å². The number of halogens is 2. The van der Waals surface area contributed by atoms with Gasteiger partial charge >= 0.3 is 0 Å². The van der Waals surface area contributed by atoms with E-state index in [0.29, 0.717) is 0 Å². The lowest BCUT2D eigenvalue weighted by Crippen LogP contribution is -2.38. The van der Waals surface area contributed by atoms with E-state index in [4.69, 9.17) is 11.6 Å². The van der Waals surface area contributed by atoms with Gasteiger partial charge in [0.25, 0.3) is 0 Å². The van der Waals surface area contributed by atoms with Crippen LogP contribution in [0.25, 0.3) is 0 Å². The van der Waals surface area contributed by atoms with Crippen LogP contribution in [0.15, 0.2) is 29.3 Å². The fourth-order valence-electron chi connectivity index (χ4n) is 2.14. The molecule has 0 spiro atoms. The minimum Gasteiger partial charge on any atom is -0.351 e. The molecule has 0 bridgehead atoms. The van der Waals surface area contributed by atoms with Crippen molar-refractivity contribution >= 4 is 52.9 Å². The van der Waals surface area contributed by atoms with Gasteiger partial charge in [-0.05, 0) is 38.5 Å². The van der Waals surface area contributed by atoms with E-state index in [2.05, 4.69) is 27.5 Å². The molecule has 23 heavy (non-hydrogen) atoms. The Morgan fingerprint density at radius 1 is 1.30 bits per heavy atom. The maximum atomic E-state index is 5.92. The lowest BCUT2D eigenvalue weighted by atomic mass is 10.1. The maximum absolute atomic E-state index is 5.92. The molecule has 1 atom stereocenters. The highest BCUT2D eigenvalue weighted by Crippen LogP contribution is 2.17. The monoisotopic (exact) mass is 464 g/mol. The molecule has 0 radical (unpaired) electrons. The zero-order chi connectivity index (χ0) is 16.1. The van der Waals surface area contributed by atoms with Crippen LogP contribution in [-0.4, -0.2) is 18.0 Å². The third-order valence-electron chi connectivity index (χ3n) is 3.36. The first kappa shape index (κ1) is 20.2. The summed E-state index contributed by atoms with van der Waals surface area (Å²) in [6.07, 6.45) is 0. The Morgan fingerprint density at radius 3 is 2.48 bits per heavy atom. The Kier molecular flexibility index (Phi) is 8.28. The smallest absolute Gasteiger partial charge is 0.191 e. The number of hydrogen-bond acceptors (Lipinski definition) is 3. The van der Waals surface area contributed by atoms with Crippen LogP contribution < -0.4 is 10.6 Å². The van der Waals surface area contributed by atoms with Crippen LogP contribution in [-0.2, 0) is 6.54 Å². The molecule has 126 valence electrons. The molecule has 4 nitrogen and oxygen atoms in total. The van der Waals surface area contributed by atoms with Gasteiger partial charge in [0.1, 0.15) is 0 Å². The van der Waals surface area contributed by atoms with E-state index < -0.39 is 0 Å². The number of thiazole rings is 1. The lowest BCUT2D eigenvalue weighted by molar-refractivity contribution is 0.686. The summed E-state index contributed by atoms with van der Waals surface area (Å²) in [5, 5.41) is 8.55. The first-order valence-electron chi connectivity index (χ1n) is 7.15. The topological polar surface area (TPSA) is 49.3 Å². The fraction of sp³-hybridized carbons (Fsp3) is 0.375. The molecule has 0 aliphatic heterocycles. The van der Waals surface area contributed by atoms with Crippen LogP contribution in [0.3, 0.4) is 0 Å². The predicted molar refractivity (Wildman–Crippen MR) is 110 cm³/mol. The number of benzene rings is 1. The van der Waals surface area contributed by atoms with Crippen molar-refractivity contribution in [2.45, 2.75) is 33.4 Å². The number of rotatable bonds is 4. The average molecular weight is 465 g/mol. The van der Waals surface area contributed by atoms with Crippen molar-refractivity contribution in [2.24, 2.45) is 4.99 Å². The van der Waals surface area contributed by atoms with Crippen molar-refractivity contribution in [1.29, 1.82) is 0 Å². The number of nitrogens with zero attached hydrogens (tertiary/aromatic N) is 2. The molecule has 0 aliphatic carbocycles. The summed E-state index contributed by atoms with van der Waals surface area (Å²) in [5.41, 5.74) is 2.24. The molecule has 1 unspecified atom stereocenters. The van der Waals surface area contributed by atoms with Crippen LogP contribution in [0.1, 0.15) is 34.1 Å². The lowest BCUT2D eigenvalue weighted by Gasteiger charge is -2.18. The van der Waals surface area contributed by atoms with E-state index in [1.54, 1.807) is 18.4 Å². The molecule has 0 fully saturated rings. The van der Waals surface area contributed by atoms with Gasteiger partial charge < -0.3 is 10.6 Å². The molecule has 0 saturated carbocycles. The van der Waals surface area contributed by atoms with Gasteiger partial charge in [-0.15, -0.1) is 35.3 Å². The molecule has 0 amide bonds. The molecule has 2 rings (SSSR count). The third kappa shape index (κ3) is 5.93. The summed E-state index contributed by atoms with van der Waals surface area (Å²) in [5.74, 6) is 0.771. The minimum absolute atomic E-state index is 0. The Morgan fingerprint density at radius 2 is 1.96 bits per heavy atom. The summed E-state index contributed by atoms with van der Waals surface area (Å²) < 4.78 is 0. The summed E-state index contributed by atoms with van der Waals surface area (Å²) >= 11 is 7.64. The highest BCUT2D eigenvalue weighted by Gasteiger charge is 2.09. The van der Waals surface area contributed by atoms with Crippen LogP contribution in [0.5, 0.6) is 0 Å². The number of aromatic nitrogens is 1. The first-order chi connectivity index (χ1) is 10.5. The highest BCUT2D eigenvalue weighted by atomic mass is 127. The normalized spacial score (nSPS) is 12.5. The largest absolute Gasteiger partial charge is 0.351 e. The van der Waals surface area contributed by atoms with Crippen LogP contribution in [0, 0.1) is 13.8 Å². The molecule has 1 aromatic heterocycles. The average Bonchev–Trinajstić information content (AvgIpc) is 2.81. The molecule has 2 aromatic rings. The number of guanidine groups is 1. The second-order valence-corrected chi connectivity index (χ2v) is 6.81. The molecule has 2 N–H and O–H groups in total. The summed E-state index contributed by atoms with van der Waals surface area (Å²) in [6.45, 7) is 6.88. The van der Waals surface area contributed by atoms with Crippen LogP contribution in [0.4, 0.5) is 0 Å². The van der Waals surface area contributed by atoms with Crippen LogP contribution >= 0.6 is 46.9 Å². The van der Waals surface area contributed by atoms with Gasteiger partial charge in [-0.1, -0.05) is 23.7 Å². The van der Waals surface area contributed by atoms with Gasteiger partial charge in [0.05, 0.1) is 23.3 Å². The van der Waals surface area contributed by atoms with E-state index in [1.165, 1.54) is 4.88 Å². The number of nitrogens with one attached hydrogen (secondary N) is 2. The molecule has 1 aromatic carbocycles. The SMILES string of the molecule is CN=C(NCc1sc(C)nc1C)NC(C)c1ccc(Cl)cc1.I. The first-order valence-corrected chi connectivity index (χ1v) is 8.34. The second-order valence-electron chi connectivity index (χ2n) is 5.08. The quantitative estimate of drug-likeness (QED) is 0.399. The molecule has 0 aliphatic rings. The van der Waals surface area contributed by atoms with Crippen molar-refractivity contribution in [3.63, 3.8) is 0 Å². The van der Waals surface area contributed by atoms with Crippen molar-refractivity contribution in [1.82, 2.24) is 15.6 Å². The Balaban J connectivity index is 0.00000264. The van der Waals surface area contributed by atoms with Gasteiger partial charge in [0, 0.05) is 16.9 Å². The summed E-state index contributed by atoms with van der Waals surface area (Å²) in [6, 6.07) is 7.98. The zero-order valence-corrected chi connectivity index (χ0v) is 17.6. The molecular formula is C16H22ClIN4S. The third-order valence-corrected chi connectivity index (χ3v) is 4.69. The number of hydrogen-bond donors (Lipinski definition) is 2. The predicted octanol–water partition coefficient (Wildman–Crippen LogP) is 4.46. The van der Waals surface area contributed by atoms with Gasteiger partial charge in [-0.25, -0.2) is 4.98 Å². The Bertz CT molecular complexity index is 655. The van der Waals surface area contributed by atoms with Gasteiger partial charge in [-0.2, -0.15) is 0 Å². The molecular weight excluding hydrogens is 443 g/mol. The molecule has 1 heterocycles. The number of aryl methyl sites for hydroxylation is 2. The Hall–Kier alpha value is -0.860. The van der Waals surface area contributed by atoms with E-state index in [1.807, 2.05) is 38.1 Å². The van der Waals surface area contributed by atoms with Crippen molar-refractivity contribution in [3.05, 3.63) is 50.4 Å². The Labute approximate surface area is 163 Å². The fourth-order valence-corrected chi connectivity index (χ4v) is 3.14. The summed E-state index contributed by atoms with van der Waals surface area (Å²) in [4.78, 5) is 9.95. The van der Waals surface area contributed by atoms with Gasteiger partial charge in [-0.3, -0.25) is 4.99 Å². The van der Waals surface area contributed by atoms with Crippen molar-refractivity contribution < 1.29 is 0 Å². The van der Waals surface area contributed by atoms with E-state index in [0.717, 1.165) is 33.8 Å². The van der Waals surface area contributed by atoms with Crippen LogP contribution in [0.2, 0.25) is 5.02 Å². The van der Waals surface area contributed by atoms with Crippen molar-refractivity contribution in [3.8, 4) is 0 Å². The standard InChI is InChI=1S/C16H21ClN4S.HI/c1-10(13-5-7-14(17)8-6-13)21-16(18-4)19-9-15-11(2)20-12(3)22-15;/h5-8,10H,9H2,1-4H3,(H2,18,19,21);1H. The van der Waals surface area contributed by atoms with E-state index in [-0.39, 0.29) is 30.0 Å². The molecule has 7 heteroatoms. The summed E-state index contributed by atoms with van der Waals surface area (Å²) in [7, 11) is 1.77. The maximum Gasteiger partial charge on any atom is 0.191 e. The van der Waals surface area contributed by atoms with E-state index >= 15 is 0 Å². The number of aliphatic imine (C=N–C) groups is 1. The van der Waals surface area contributed by atoms with Crippen molar-refractivity contribution in [2.75, 3.05) is 7.05 Å².